The van der Waals surface area contributed by atoms with Crippen molar-refractivity contribution in [1.82, 2.24) is 10.2 Å². The lowest BCUT2D eigenvalue weighted by molar-refractivity contribution is -0.162. The summed E-state index contributed by atoms with van der Waals surface area (Å²) < 4.78 is 55.7. The monoisotopic (exact) mass is 1070 g/mol. The molecule has 2 fully saturated rings. The Kier molecular flexibility index (Phi) is 24.5. The van der Waals surface area contributed by atoms with E-state index in [1.165, 1.54) is 31.1 Å². The van der Waals surface area contributed by atoms with Crippen molar-refractivity contribution in [3.8, 4) is 5.75 Å². The predicted octanol–water partition coefficient (Wildman–Crippen LogP) is 5.99. The molecule has 19 nitrogen and oxygen atoms in total. The number of hydrogen-bond acceptors (Lipinski definition) is 17. The van der Waals surface area contributed by atoms with E-state index >= 15 is 0 Å². The molecule has 0 unspecified atom stereocenters. The first kappa shape index (κ1) is 61.3. The predicted molar refractivity (Wildman–Crippen MR) is 276 cm³/mol. The van der Waals surface area contributed by atoms with Gasteiger partial charge in [0.05, 0.1) is 91.7 Å². The molecule has 3 aliphatic heterocycles. The molecule has 0 aromatic heterocycles. The number of hydrogen-bond donors (Lipinski definition) is 2. The number of carbonyl (C=O) groups is 5. The topological polar surface area (TPSA) is 220 Å². The van der Waals surface area contributed by atoms with Crippen LogP contribution < -0.4 is 15.0 Å². The molecular weight excluding hydrogens is 990 g/mol. The Labute approximate surface area is 439 Å². The standard InChI is InChI=1S/C52H78ClN3O16S/c1-34-15-14-16-41(64-10)52(62)33-40(70-49(61)54-52)35(2)47-51(6,72-47)42(32-44(58)56(8)38-30-37(29-34)31-39(63-9)46(38)53)71-48(60)36(3)55(7)43(57)17-19-50(4,5)73-28-13-12-20-66-22-24-68-26-27-69-25-23-67-21-18-45(59)65-11/h12-16,30-31,35-36,40-42,47,62H,17-29,32-33H2,1-11H3,(H,54,61)/b13-12+,16-14+,34-15+/t35-,36+,40+,41-,42+,47+,51+,52+/m1/s1. The minimum Gasteiger partial charge on any atom is -0.495 e. The van der Waals surface area contributed by atoms with Gasteiger partial charge in [-0.25, -0.2) is 9.59 Å². The number of epoxide rings is 1. The summed E-state index contributed by atoms with van der Waals surface area (Å²) in [6.07, 6.45) is 5.62. The third-order valence-electron chi connectivity index (χ3n) is 13.2. The maximum Gasteiger partial charge on any atom is 0.409 e. The zero-order valence-corrected chi connectivity index (χ0v) is 45.9. The minimum atomic E-state index is -1.85. The summed E-state index contributed by atoms with van der Waals surface area (Å²) in [5.41, 5.74) is -1.02. The summed E-state index contributed by atoms with van der Waals surface area (Å²) in [6.45, 7) is 14.4. The molecular formula is C52H78ClN3O16S. The zero-order chi connectivity index (χ0) is 53.9. The Morgan fingerprint density at radius 3 is 2.33 bits per heavy atom. The largest absolute Gasteiger partial charge is 0.495 e. The van der Waals surface area contributed by atoms with Gasteiger partial charge in [-0.15, -0.1) is 0 Å². The second-order valence-electron chi connectivity index (χ2n) is 19.2. The molecule has 1 aromatic carbocycles. The quantitative estimate of drug-likeness (QED) is 0.0378. The fourth-order valence-corrected chi connectivity index (χ4v) is 9.60. The number of fused-ring (bicyclic) bond motifs is 5. The molecule has 3 amide bonds. The Morgan fingerprint density at radius 1 is 1.03 bits per heavy atom. The molecule has 2 N–H and O–H groups in total. The number of rotatable bonds is 25. The van der Waals surface area contributed by atoms with Crippen LogP contribution in [-0.4, -0.2) is 180 Å². The van der Waals surface area contributed by atoms with Crippen LogP contribution in [0.25, 0.3) is 0 Å². The Bertz CT molecular complexity index is 2110. The normalized spacial score (nSPS) is 26.2. The van der Waals surface area contributed by atoms with E-state index in [-0.39, 0.29) is 47.3 Å². The number of amides is 3. The SMILES string of the molecule is COC(=O)CCOCCOCCOCCOC/C=C/CSC(C)(C)CCC(=O)N(C)[C@@H](C)C(=O)O[C@H]1CC(=O)N(C)c2cc(cc(OC)c2Cl)C/C(C)=C/C=C/[C@@H](OC)[C@@]2(O)C[C@H](OC(=O)N2)[C@@H](C)[C@@H]2O[C@@]12C. The maximum atomic E-state index is 14.4. The van der Waals surface area contributed by atoms with Gasteiger partial charge >= 0.3 is 18.0 Å². The number of allylic oxidation sites excluding steroid dienone is 3. The summed E-state index contributed by atoms with van der Waals surface area (Å²) in [7, 11) is 7.38. The first-order valence-corrected chi connectivity index (χ1v) is 26.0. The second kappa shape index (κ2) is 29.2. The Balaban J connectivity index is 1.34. The highest BCUT2D eigenvalue weighted by molar-refractivity contribution is 8.00. The van der Waals surface area contributed by atoms with Crippen LogP contribution in [0.1, 0.15) is 79.2 Å². The molecule has 0 radical (unpaired) electrons. The Morgan fingerprint density at radius 2 is 1.68 bits per heavy atom. The first-order valence-electron chi connectivity index (χ1n) is 24.6. The van der Waals surface area contributed by atoms with Gasteiger partial charge in [-0.05, 0) is 51.3 Å². The van der Waals surface area contributed by atoms with Crippen molar-refractivity contribution in [3.05, 3.63) is 58.7 Å². The summed E-state index contributed by atoms with van der Waals surface area (Å²) >= 11 is 8.52. The molecule has 3 heterocycles. The van der Waals surface area contributed by atoms with Gasteiger partial charge in [-0.1, -0.05) is 68.3 Å². The lowest BCUT2D eigenvalue weighted by atomic mass is 9.83. The second-order valence-corrected chi connectivity index (χ2v) is 21.3. The van der Waals surface area contributed by atoms with Crippen LogP contribution in [0.15, 0.2) is 48.1 Å². The highest BCUT2D eigenvalue weighted by atomic mass is 35.5. The first-order chi connectivity index (χ1) is 34.6. The fourth-order valence-electron chi connectivity index (χ4n) is 8.35. The van der Waals surface area contributed by atoms with Gasteiger partial charge in [0.1, 0.15) is 40.7 Å². The van der Waals surface area contributed by atoms with Gasteiger partial charge in [-0.3, -0.25) is 19.7 Å². The van der Waals surface area contributed by atoms with Gasteiger partial charge < -0.3 is 62.3 Å². The van der Waals surface area contributed by atoms with E-state index in [0.717, 1.165) is 11.1 Å². The number of likely N-dealkylation sites (N-methyl/N-ethyl adjacent to an activating group) is 1. The molecule has 8 atom stereocenters. The van der Waals surface area contributed by atoms with Crippen molar-refractivity contribution in [2.24, 2.45) is 5.92 Å². The highest BCUT2D eigenvalue weighted by Gasteiger charge is 2.64. The molecule has 0 aliphatic carbocycles. The van der Waals surface area contributed by atoms with Crippen molar-refractivity contribution >= 4 is 58.9 Å². The number of nitrogens with zero attached hydrogens (tertiary/aromatic N) is 2. The van der Waals surface area contributed by atoms with Crippen LogP contribution in [0.5, 0.6) is 5.75 Å². The van der Waals surface area contributed by atoms with Gasteiger partial charge in [0.25, 0.3) is 0 Å². The number of anilines is 1. The van der Waals surface area contributed by atoms with E-state index in [9.17, 15) is 29.1 Å². The van der Waals surface area contributed by atoms with Crippen LogP contribution in [0, 0.1) is 5.92 Å². The number of thioether (sulfide) groups is 1. The van der Waals surface area contributed by atoms with Crippen LogP contribution in [0.4, 0.5) is 10.5 Å². The van der Waals surface area contributed by atoms with Gasteiger partial charge in [0.15, 0.2) is 5.72 Å². The number of ether oxygens (including phenoxy) is 10. The highest BCUT2D eigenvalue weighted by Crippen LogP contribution is 2.49. The van der Waals surface area contributed by atoms with E-state index in [1.807, 2.05) is 25.2 Å². The minimum absolute atomic E-state index is 0.0696. The summed E-state index contributed by atoms with van der Waals surface area (Å²) in [4.78, 5) is 68.9. The van der Waals surface area contributed by atoms with E-state index in [4.69, 9.17) is 54.2 Å². The Hall–Kier alpha value is -4.25. The third-order valence-corrected chi connectivity index (χ3v) is 14.9. The molecule has 4 rings (SSSR count). The van der Waals surface area contributed by atoms with Crippen LogP contribution in [0.2, 0.25) is 5.02 Å². The van der Waals surface area contributed by atoms with Gasteiger partial charge in [-0.2, -0.15) is 11.8 Å². The van der Waals surface area contributed by atoms with Gasteiger partial charge in [0, 0.05) is 50.5 Å². The summed E-state index contributed by atoms with van der Waals surface area (Å²) in [5, 5.41) is 14.6. The van der Waals surface area contributed by atoms with Crippen molar-refractivity contribution in [2.75, 3.05) is 98.9 Å². The zero-order valence-electron chi connectivity index (χ0n) is 44.4. The van der Waals surface area contributed by atoms with E-state index < -0.39 is 65.7 Å². The van der Waals surface area contributed by atoms with Crippen molar-refractivity contribution in [2.45, 2.75) is 127 Å². The number of halogens is 1. The van der Waals surface area contributed by atoms with E-state index in [2.05, 4.69) is 23.9 Å². The number of aliphatic hydroxyl groups is 1. The smallest absolute Gasteiger partial charge is 0.409 e. The lowest BCUT2D eigenvalue weighted by Gasteiger charge is -2.42. The molecule has 1 aromatic rings. The average Bonchev–Trinajstić information content (AvgIpc) is 4.05. The van der Waals surface area contributed by atoms with Crippen LogP contribution >= 0.6 is 23.4 Å². The molecule has 4 bridgehead atoms. The number of alkyl carbamates (subject to hydrolysis) is 1. The van der Waals surface area contributed by atoms with Crippen molar-refractivity contribution in [3.63, 3.8) is 0 Å². The van der Waals surface area contributed by atoms with E-state index in [1.54, 1.807) is 70.9 Å². The van der Waals surface area contributed by atoms with E-state index in [0.29, 0.717) is 82.9 Å². The number of nitrogens with one attached hydrogen (secondary N) is 1. The lowest BCUT2D eigenvalue weighted by Crippen LogP contribution is -2.63. The molecule has 21 heteroatoms. The average molecular weight is 1070 g/mol. The molecule has 0 spiro atoms. The molecule has 2 saturated heterocycles. The molecule has 73 heavy (non-hydrogen) atoms. The third kappa shape index (κ3) is 18.5. The molecule has 410 valence electrons. The number of methoxy groups -OCH3 is 3. The summed E-state index contributed by atoms with van der Waals surface area (Å²) in [6, 6.07) is 2.55. The maximum absolute atomic E-state index is 14.4. The van der Waals surface area contributed by atoms with Gasteiger partial charge in [0.2, 0.25) is 11.8 Å². The fraction of sp³-hybridized carbons (Fsp3) is 0.673. The molecule has 3 aliphatic rings. The van der Waals surface area contributed by atoms with Crippen molar-refractivity contribution in [1.29, 1.82) is 0 Å². The van der Waals surface area contributed by atoms with Crippen LogP contribution in [-0.2, 0) is 68.2 Å². The number of esters is 2. The van der Waals surface area contributed by atoms with Crippen LogP contribution in [0.3, 0.4) is 0 Å². The number of benzene rings is 1. The summed E-state index contributed by atoms with van der Waals surface area (Å²) in [5.74, 6) is -1.26. The molecule has 0 saturated carbocycles. The number of carbonyl (C=O) groups excluding carboxylic acids is 5. The van der Waals surface area contributed by atoms with Crippen molar-refractivity contribution < 1.29 is 76.4 Å².